The summed E-state index contributed by atoms with van der Waals surface area (Å²) in [7, 11) is 0. The molecule has 25 heavy (non-hydrogen) atoms. The lowest BCUT2D eigenvalue weighted by Crippen LogP contribution is -2.03. The quantitative estimate of drug-likeness (QED) is 0.412. The summed E-state index contributed by atoms with van der Waals surface area (Å²) in [5.74, 6) is 0. The van der Waals surface area contributed by atoms with Gasteiger partial charge in [0.15, 0.2) is 0 Å². The maximum Gasteiger partial charge on any atom is -0.0201 e. The molecule has 0 aromatic heterocycles. The van der Waals surface area contributed by atoms with Gasteiger partial charge < -0.3 is 0 Å². The molecule has 0 nitrogen and oxygen atoms in total. The van der Waals surface area contributed by atoms with Crippen LogP contribution in [-0.4, -0.2) is 0 Å². The molecule has 0 aliphatic carbocycles. The van der Waals surface area contributed by atoms with Gasteiger partial charge in [0, 0.05) is 0 Å². The minimum absolute atomic E-state index is 0. The van der Waals surface area contributed by atoms with E-state index in [1.54, 1.807) is 0 Å². The molecule has 0 aliphatic heterocycles. The first-order valence-corrected chi connectivity index (χ1v) is 8.85. The van der Waals surface area contributed by atoms with Gasteiger partial charge in [-0.05, 0) is 65.7 Å². The maximum atomic E-state index is 3.84. The smallest absolute Gasteiger partial charge is 0.0201 e. The first-order chi connectivity index (χ1) is 10.3. The highest BCUT2D eigenvalue weighted by molar-refractivity contribution is 5.00. The normalized spacial score (nSPS) is 9.32. The third-order valence-electron chi connectivity index (χ3n) is 1.55. The van der Waals surface area contributed by atoms with Crippen molar-refractivity contribution in [2.45, 2.75) is 104 Å². The molecule has 0 N–H and O–H groups in total. The zero-order chi connectivity index (χ0) is 20.7. The SMILES string of the molecule is C.C=C(C)C.C=C(C)C.C=C(C)CC(C)(C)C.CC(C)=CC(C)(C)C. The van der Waals surface area contributed by atoms with E-state index in [1.165, 1.54) is 22.3 Å². The van der Waals surface area contributed by atoms with Gasteiger partial charge in [0.1, 0.15) is 0 Å². The Hall–Kier alpha value is -1.04. The first-order valence-electron chi connectivity index (χ1n) is 8.85. The summed E-state index contributed by atoms with van der Waals surface area (Å²) >= 11 is 0. The van der Waals surface area contributed by atoms with E-state index in [1.807, 2.05) is 27.7 Å². The summed E-state index contributed by atoms with van der Waals surface area (Å²) in [5.41, 5.74) is 5.79. The van der Waals surface area contributed by atoms with Crippen molar-refractivity contribution in [3.8, 4) is 0 Å². The van der Waals surface area contributed by atoms with Crippen LogP contribution in [0.3, 0.4) is 0 Å². The van der Waals surface area contributed by atoms with Crippen molar-refractivity contribution in [3.63, 3.8) is 0 Å². The van der Waals surface area contributed by atoms with Crippen LogP contribution in [0, 0.1) is 10.8 Å². The molecule has 0 rings (SSSR count). The molecule has 0 radical (unpaired) electrons. The molecule has 0 fully saturated rings. The average Bonchev–Trinajstić information content (AvgIpc) is 2.05. The summed E-state index contributed by atoms with van der Waals surface area (Å²) < 4.78 is 0. The number of allylic oxidation sites excluding steroid dienone is 5. The van der Waals surface area contributed by atoms with Crippen molar-refractivity contribution in [2.75, 3.05) is 0 Å². The topological polar surface area (TPSA) is 0 Å². The van der Waals surface area contributed by atoms with Crippen LogP contribution < -0.4 is 0 Å². The zero-order valence-electron chi connectivity index (χ0n) is 19.4. The molecule has 0 heterocycles. The van der Waals surface area contributed by atoms with Crippen LogP contribution in [0.2, 0.25) is 0 Å². The predicted molar refractivity (Wildman–Crippen MR) is 125 cm³/mol. The van der Waals surface area contributed by atoms with Gasteiger partial charge in [0.25, 0.3) is 0 Å². The Labute approximate surface area is 163 Å². The van der Waals surface area contributed by atoms with Crippen molar-refractivity contribution < 1.29 is 0 Å². The average molecular weight is 353 g/mol. The summed E-state index contributed by atoms with van der Waals surface area (Å²) in [6.07, 6.45) is 3.40. The molecule has 0 unspecified atom stereocenters. The van der Waals surface area contributed by atoms with Gasteiger partial charge in [-0.1, -0.05) is 77.3 Å². The lowest BCUT2D eigenvalue weighted by atomic mass is 9.89. The fourth-order valence-electron chi connectivity index (χ4n) is 1.77. The largest absolute Gasteiger partial charge is 0.100 e. The second kappa shape index (κ2) is 17.8. The maximum absolute atomic E-state index is 3.84. The fraction of sp³-hybridized carbons (Fsp3) is 0.680. The Morgan fingerprint density at radius 2 is 0.920 bits per heavy atom. The highest BCUT2D eigenvalue weighted by atomic mass is 14.1. The molecule has 0 aromatic rings. The Balaban J connectivity index is -0.0000000739. The summed E-state index contributed by atoms with van der Waals surface area (Å²) in [4.78, 5) is 0. The molecular formula is C25H52. The van der Waals surface area contributed by atoms with E-state index in [-0.39, 0.29) is 7.43 Å². The molecule has 0 saturated heterocycles. The van der Waals surface area contributed by atoms with Crippen LogP contribution in [0.5, 0.6) is 0 Å². The molecular weight excluding hydrogens is 300 g/mol. The fourth-order valence-corrected chi connectivity index (χ4v) is 1.77. The van der Waals surface area contributed by atoms with Crippen molar-refractivity contribution in [1.29, 1.82) is 0 Å². The van der Waals surface area contributed by atoms with Gasteiger partial charge in [0.2, 0.25) is 0 Å². The Bertz CT molecular complexity index is 351. The molecule has 0 amide bonds. The lowest BCUT2D eigenvalue weighted by Gasteiger charge is -2.17. The monoisotopic (exact) mass is 352 g/mol. The molecule has 0 aromatic carbocycles. The van der Waals surface area contributed by atoms with Crippen LogP contribution in [0.4, 0.5) is 0 Å². The van der Waals surface area contributed by atoms with Crippen molar-refractivity contribution in [2.24, 2.45) is 10.8 Å². The van der Waals surface area contributed by atoms with E-state index in [0.717, 1.165) is 6.42 Å². The third-order valence-corrected chi connectivity index (χ3v) is 1.55. The second-order valence-corrected chi connectivity index (χ2v) is 9.70. The zero-order valence-corrected chi connectivity index (χ0v) is 19.4. The van der Waals surface area contributed by atoms with E-state index < -0.39 is 0 Å². The van der Waals surface area contributed by atoms with E-state index in [9.17, 15) is 0 Å². The summed E-state index contributed by atoms with van der Waals surface area (Å²) in [6.45, 7) is 38.5. The molecule has 0 heteroatoms. The van der Waals surface area contributed by atoms with Crippen molar-refractivity contribution in [1.82, 2.24) is 0 Å². The van der Waals surface area contributed by atoms with E-state index >= 15 is 0 Å². The molecule has 0 aliphatic rings. The number of hydrogen-bond acceptors (Lipinski definition) is 0. The summed E-state index contributed by atoms with van der Waals surface area (Å²) in [5, 5.41) is 0. The number of hydrogen-bond donors (Lipinski definition) is 0. The highest BCUT2D eigenvalue weighted by Gasteiger charge is 2.08. The predicted octanol–water partition coefficient (Wildman–Crippen LogP) is 9.80. The molecule has 152 valence electrons. The van der Waals surface area contributed by atoms with Crippen LogP contribution in [0.1, 0.15) is 104 Å². The van der Waals surface area contributed by atoms with Gasteiger partial charge in [-0.2, -0.15) is 0 Å². The molecule has 0 spiro atoms. The van der Waals surface area contributed by atoms with Crippen LogP contribution in [-0.2, 0) is 0 Å². The van der Waals surface area contributed by atoms with Crippen molar-refractivity contribution >= 4 is 0 Å². The number of rotatable bonds is 1. The van der Waals surface area contributed by atoms with E-state index in [0.29, 0.717) is 10.8 Å². The van der Waals surface area contributed by atoms with Crippen molar-refractivity contribution in [3.05, 3.63) is 48.1 Å². The molecule has 0 saturated carbocycles. The minimum Gasteiger partial charge on any atom is -0.100 e. The molecule has 0 bridgehead atoms. The van der Waals surface area contributed by atoms with Gasteiger partial charge in [0.05, 0.1) is 0 Å². The highest BCUT2D eigenvalue weighted by Crippen LogP contribution is 2.22. The third kappa shape index (κ3) is 126. The minimum atomic E-state index is 0. The first kappa shape index (κ1) is 35.1. The standard InChI is InChI=1S/2C8H16.2C4H8.CH4/c2*1-7(2)6-8(3,4)5;2*1-4(2)3;/h6H,1-5H3;1,6H2,2-5H3;2*1H2,2-3H3;1H4. The Morgan fingerprint density at radius 1 is 0.680 bits per heavy atom. The summed E-state index contributed by atoms with van der Waals surface area (Å²) in [6, 6.07) is 0. The lowest BCUT2D eigenvalue weighted by molar-refractivity contribution is 0.410. The molecule has 0 atom stereocenters. The van der Waals surface area contributed by atoms with Gasteiger partial charge in [-0.3, -0.25) is 0 Å². The van der Waals surface area contributed by atoms with E-state index in [4.69, 9.17) is 0 Å². The Morgan fingerprint density at radius 3 is 0.920 bits per heavy atom. The van der Waals surface area contributed by atoms with E-state index in [2.05, 4.69) is 88.1 Å². The van der Waals surface area contributed by atoms with Gasteiger partial charge in [-0.25, -0.2) is 0 Å². The van der Waals surface area contributed by atoms with Gasteiger partial charge in [-0.15, -0.1) is 19.7 Å². The van der Waals surface area contributed by atoms with Crippen LogP contribution in [0.25, 0.3) is 0 Å². The van der Waals surface area contributed by atoms with Crippen LogP contribution in [0.15, 0.2) is 48.1 Å². The Kier molecular flexibility index (Phi) is 25.0. The van der Waals surface area contributed by atoms with Crippen LogP contribution >= 0.6 is 0 Å². The second-order valence-electron chi connectivity index (χ2n) is 9.70. The van der Waals surface area contributed by atoms with Gasteiger partial charge >= 0.3 is 0 Å².